The van der Waals surface area contributed by atoms with Gasteiger partial charge in [-0.15, -0.1) is 0 Å². The second-order valence-electron chi connectivity index (χ2n) is 8.74. The molecule has 1 aliphatic heterocycles. The summed E-state index contributed by atoms with van der Waals surface area (Å²) in [5.41, 5.74) is 0.920. The number of amides is 2. The lowest BCUT2D eigenvalue weighted by Gasteiger charge is -2.24. The van der Waals surface area contributed by atoms with Crippen molar-refractivity contribution in [1.82, 2.24) is 4.90 Å². The molecule has 1 saturated heterocycles. The zero-order chi connectivity index (χ0) is 26.5. The second kappa shape index (κ2) is 11.4. The van der Waals surface area contributed by atoms with E-state index in [1.165, 1.54) is 37.1 Å². The van der Waals surface area contributed by atoms with Gasteiger partial charge in [0, 0.05) is 23.9 Å². The summed E-state index contributed by atoms with van der Waals surface area (Å²) in [6.45, 7) is 4.05. The van der Waals surface area contributed by atoms with Crippen LogP contribution in [0.25, 0.3) is 10.8 Å². The fraction of sp³-hybridized carbons (Fsp3) is 0.296. The summed E-state index contributed by atoms with van der Waals surface area (Å²) in [7, 11) is 1.37. The SMILES string of the molecule is CCC[C@@H](C)N1C(=O)[C@H](CC(=O)Nc2ccc([N+](=O)[O-])cc2OC)SC1=Nc1cccc2ccccc12. The maximum Gasteiger partial charge on any atom is 0.273 e. The lowest BCUT2D eigenvalue weighted by Crippen LogP contribution is -2.40. The number of fused-ring (bicyclic) bond motifs is 1. The summed E-state index contributed by atoms with van der Waals surface area (Å²) >= 11 is 1.28. The Bertz CT molecular complexity index is 1370. The molecule has 1 aliphatic rings. The van der Waals surface area contributed by atoms with Crippen LogP contribution >= 0.6 is 11.8 Å². The number of carbonyl (C=O) groups excluding carboxylic acids is 2. The molecule has 0 aliphatic carbocycles. The molecule has 0 radical (unpaired) electrons. The van der Waals surface area contributed by atoms with E-state index in [2.05, 4.69) is 12.2 Å². The number of carbonyl (C=O) groups is 2. The third kappa shape index (κ3) is 5.75. The minimum atomic E-state index is -0.642. The van der Waals surface area contributed by atoms with Crippen LogP contribution in [0.4, 0.5) is 17.1 Å². The zero-order valence-corrected chi connectivity index (χ0v) is 21.7. The number of methoxy groups -OCH3 is 1. The Labute approximate surface area is 219 Å². The van der Waals surface area contributed by atoms with Crippen molar-refractivity contribution in [2.24, 2.45) is 4.99 Å². The summed E-state index contributed by atoms with van der Waals surface area (Å²) in [5.74, 6) is -0.382. The molecule has 0 spiro atoms. The summed E-state index contributed by atoms with van der Waals surface area (Å²) < 4.78 is 5.20. The van der Waals surface area contributed by atoms with Crippen molar-refractivity contribution in [3.05, 3.63) is 70.8 Å². The molecule has 3 aromatic rings. The minimum absolute atomic E-state index is 0.0680. The number of hydrogen-bond acceptors (Lipinski definition) is 7. The van der Waals surface area contributed by atoms with Gasteiger partial charge >= 0.3 is 0 Å². The first-order valence-electron chi connectivity index (χ1n) is 12.0. The fourth-order valence-electron chi connectivity index (χ4n) is 4.32. The summed E-state index contributed by atoms with van der Waals surface area (Å²) in [4.78, 5) is 43.5. The van der Waals surface area contributed by atoms with Crippen LogP contribution in [0.1, 0.15) is 33.1 Å². The third-order valence-corrected chi connectivity index (χ3v) is 7.29. The van der Waals surface area contributed by atoms with Gasteiger partial charge in [-0.25, -0.2) is 4.99 Å². The monoisotopic (exact) mass is 520 g/mol. The van der Waals surface area contributed by atoms with E-state index >= 15 is 0 Å². The van der Waals surface area contributed by atoms with E-state index in [0.717, 1.165) is 29.3 Å². The quantitative estimate of drug-likeness (QED) is 0.277. The van der Waals surface area contributed by atoms with Crippen molar-refractivity contribution in [1.29, 1.82) is 0 Å². The van der Waals surface area contributed by atoms with Crippen molar-refractivity contribution in [2.75, 3.05) is 12.4 Å². The second-order valence-corrected chi connectivity index (χ2v) is 9.91. The molecule has 2 atom stereocenters. The predicted octanol–water partition coefficient (Wildman–Crippen LogP) is 5.91. The number of nitro groups is 1. The van der Waals surface area contributed by atoms with E-state index < -0.39 is 16.1 Å². The molecule has 4 rings (SSSR count). The lowest BCUT2D eigenvalue weighted by molar-refractivity contribution is -0.384. The Balaban J connectivity index is 1.58. The van der Waals surface area contributed by atoms with Crippen molar-refractivity contribution in [3.8, 4) is 5.75 Å². The molecule has 0 aromatic heterocycles. The molecule has 2 amide bonds. The molecule has 0 bridgehead atoms. The van der Waals surface area contributed by atoms with Crippen LogP contribution in [0.2, 0.25) is 0 Å². The standard InChI is InChI=1S/C27H28N4O5S/c1-4-8-17(2)30-26(33)24(16-25(32)28-22-14-13-19(31(34)35)15-23(22)36-3)37-27(30)29-21-12-7-10-18-9-5-6-11-20(18)21/h5-7,9-15,17,24H,4,8,16H2,1-3H3,(H,28,32)/t17-,24+/m1/s1. The molecule has 192 valence electrons. The van der Waals surface area contributed by atoms with Crippen molar-refractivity contribution in [3.63, 3.8) is 0 Å². The van der Waals surface area contributed by atoms with E-state index in [-0.39, 0.29) is 29.8 Å². The van der Waals surface area contributed by atoms with E-state index in [4.69, 9.17) is 9.73 Å². The summed E-state index contributed by atoms with van der Waals surface area (Å²) in [6.07, 6.45) is 1.63. The van der Waals surface area contributed by atoms with E-state index in [0.29, 0.717) is 10.9 Å². The molecule has 37 heavy (non-hydrogen) atoms. The van der Waals surface area contributed by atoms with Gasteiger partial charge in [0.05, 0.1) is 29.5 Å². The highest BCUT2D eigenvalue weighted by Crippen LogP contribution is 2.36. The molecule has 1 N–H and O–H groups in total. The number of anilines is 1. The average Bonchev–Trinajstić information content (AvgIpc) is 3.18. The van der Waals surface area contributed by atoms with Gasteiger partial charge in [-0.1, -0.05) is 61.5 Å². The number of aliphatic imine (C=N–C) groups is 1. The van der Waals surface area contributed by atoms with Crippen molar-refractivity contribution < 1.29 is 19.2 Å². The van der Waals surface area contributed by atoms with Gasteiger partial charge < -0.3 is 10.1 Å². The maximum absolute atomic E-state index is 13.5. The Morgan fingerprint density at radius 1 is 1.22 bits per heavy atom. The Morgan fingerprint density at radius 2 is 1.97 bits per heavy atom. The number of nitrogens with zero attached hydrogens (tertiary/aromatic N) is 3. The number of nitrogens with one attached hydrogen (secondary N) is 1. The first-order valence-corrected chi connectivity index (χ1v) is 12.9. The minimum Gasteiger partial charge on any atom is -0.494 e. The predicted molar refractivity (Wildman–Crippen MR) is 147 cm³/mol. The number of thioether (sulfide) groups is 1. The first-order chi connectivity index (χ1) is 17.8. The van der Waals surface area contributed by atoms with Crippen LogP contribution in [-0.4, -0.2) is 45.2 Å². The molecule has 3 aromatic carbocycles. The Hall–Kier alpha value is -3.92. The summed E-state index contributed by atoms with van der Waals surface area (Å²) in [5, 5.41) is 15.7. The topological polar surface area (TPSA) is 114 Å². The number of hydrogen-bond donors (Lipinski definition) is 1. The van der Waals surface area contributed by atoms with E-state index in [1.54, 1.807) is 4.90 Å². The van der Waals surface area contributed by atoms with Crippen LogP contribution < -0.4 is 10.1 Å². The van der Waals surface area contributed by atoms with Gasteiger partial charge in [-0.05, 0) is 30.9 Å². The number of ether oxygens (including phenoxy) is 1. The number of non-ortho nitro benzene ring substituents is 1. The highest BCUT2D eigenvalue weighted by atomic mass is 32.2. The van der Waals surface area contributed by atoms with Gasteiger partial charge in [0.1, 0.15) is 11.0 Å². The maximum atomic E-state index is 13.5. The smallest absolute Gasteiger partial charge is 0.273 e. The Morgan fingerprint density at radius 3 is 2.70 bits per heavy atom. The highest BCUT2D eigenvalue weighted by Gasteiger charge is 2.41. The highest BCUT2D eigenvalue weighted by molar-refractivity contribution is 8.15. The number of nitro benzene ring substituents is 1. The van der Waals surface area contributed by atoms with E-state index in [1.807, 2.05) is 49.4 Å². The Kier molecular flexibility index (Phi) is 8.08. The summed E-state index contributed by atoms with van der Waals surface area (Å²) in [6, 6.07) is 17.7. The van der Waals surface area contributed by atoms with Crippen LogP contribution in [0.5, 0.6) is 5.75 Å². The number of benzene rings is 3. The molecule has 9 nitrogen and oxygen atoms in total. The van der Waals surface area contributed by atoms with Crippen LogP contribution in [0, 0.1) is 10.1 Å². The van der Waals surface area contributed by atoms with Gasteiger partial charge in [-0.3, -0.25) is 24.6 Å². The van der Waals surface area contributed by atoms with Gasteiger partial charge in [0.2, 0.25) is 11.8 Å². The third-order valence-electron chi connectivity index (χ3n) is 6.14. The molecular weight excluding hydrogens is 492 g/mol. The van der Waals surface area contributed by atoms with Crippen LogP contribution in [0.15, 0.2) is 65.7 Å². The normalized spacial score (nSPS) is 17.3. The number of rotatable bonds is 9. The van der Waals surface area contributed by atoms with Crippen molar-refractivity contribution >= 4 is 56.6 Å². The molecule has 10 heteroatoms. The molecule has 0 saturated carbocycles. The van der Waals surface area contributed by atoms with Gasteiger partial charge in [-0.2, -0.15) is 0 Å². The van der Waals surface area contributed by atoms with Crippen LogP contribution in [-0.2, 0) is 9.59 Å². The zero-order valence-electron chi connectivity index (χ0n) is 20.8. The molecule has 1 heterocycles. The molecule has 0 unspecified atom stereocenters. The fourth-order valence-corrected chi connectivity index (χ4v) is 5.56. The average molecular weight is 521 g/mol. The van der Waals surface area contributed by atoms with Crippen molar-refractivity contribution in [2.45, 2.75) is 44.4 Å². The molecule has 1 fully saturated rings. The lowest BCUT2D eigenvalue weighted by atomic mass is 10.1. The largest absolute Gasteiger partial charge is 0.494 e. The van der Waals surface area contributed by atoms with Gasteiger partial charge in [0.25, 0.3) is 5.69 Å². The molecular formula is C27H28N4O5S. The van der Waals surface area contributed by atoms with Gasteiger partial charge in [0.15, 0.2) is 5.17 Å². The van der Waals surface area contributed by atoms with E-state index in [9.17, 15) is 19.7 Å². The number of amidine groups is 1. The first kappa shape index (κ1) is 26.2. The van der Waals surface area contributed by atoms with Crippen LogP contribution in [0.3, 0.4) is 0 Å².